The smallest absolute Gasteiger partial charge is 0.323 e. The molecule has 6 heteroatoms. The van der Waals surface area contributed by atoms with Crippen LogP contribution in [0.5, 0.6) is 5.75 Å². The first-order chi connectivity index (χ1) is 10.6. The predicted molar refractivity (Wildman–Crippen MR) is 85.3 cm³/mol. The average Bonchev–Trinajstić information content (AvgIpc) is 2.90. The number of carbonyl (C=O) groups excluding carboxylic acids is 1. The highest BCUT2D eigenvalue weighted by atomic mass is 16.3. The molecule has 2 amide bonds. The Labute approximate surface area is 125 Å². The van der Waals surface area contributed by atoms with Gasteiger partial charge in [0.05, 0.1) is 0 Å². The van der Waals surface area contributed by atoms with Gasteiger partial charge in [0.2, 0.25) is 5.43 Å². The van der Waals surface area contributed by atoms with Gasteiger partial charge in [0.25, 0.3) is 0 Å². The van der Waals surface area contributed by atoms with Gasteiger partial charge in [-0.3, -0.25) is 4.79 Å². The highest BCUT2D eigenvalue weighted by Gasteiger charge is 2.04. The molecule has 0 aliphatic carbocycles. The zero-order valence-electron chi connectivity index (χ0n) is 11.5. The van der Waals surface area contributed by atoms with E-state index in [4.69, 9.17) is 0 Å². The number of amides is 2. The second-order valence-electron chi connectivity index (χ2n) is 4.73. The first-order valence-corrected chi connectivity index (χ1v) is 6.60. The fraction of sp³-hybridized carbons (Fsp3) is 0. The highest BCUT2D eigenvalue weighted by molar-refractivity contribution is 6.00. The molecule has 0 aliphatic heterocycles. The maximum absolute atomic E-state index is 12.0. The number of anilines is 2. The number of rotatable bonds is 2. The van der Waals surface area contributed by atoms with Crippen molar-refractivity contribution >= 4 is 28.3 Å². The highest BCUT2D eigenvalue weighted by Crippen LogP contribution is 2.18. The van der Waals surface area contributed by atoms with Crippen molar-refractivity contribution in [3.8, 4) is 5.75 Å². The molecule has 110 valence electrons. The number of carbonyl (C=O) groups is 1. The summed E-state index contributed by atoms with van der Waals surface area (Å²) in [4.78, 5) is 26.3. The number of nitrogens with one attached hydrogen (secondary N) is 3. The van der Waals surface area contributed by atoms with Crippen LogP contribution in [0, 0.1) is 0 Å². The van der Waals surface area contributed by atoms with Crippen LogP contribution in [0.25, 0.3) is 10.9 Å². The minimum absolute atomic E-state index is 0.369. The van der Waals surface area contributed by atoms with Crippen LogP contribution >= 0.6 is 0 Å². The Morgan fingerprint density at radius 3 is 2.55 bits per heavy atom. The van der Waals surface area contributed by atoms with E-state index in [-0.39, 0.29) is 5.75 Å². The van der Waals surface area contributed by atoms with Gasteiger partial charge >= 0.3 is 6.03 Å². The molecule has 1 heterocycles. The number of benzene rings is 1. The van der Waals surface area contributed by atoms with E-state index in [1.54, 1.807) is 6.07 Å². The van der Waals surface area contributed by atoms with Crippen molar-refractivity contribution in [1.29, 1.82) is 0 Å². The molecule has 0 saturated heterocycles. The first-order valence-electron chi connectivity index (χ1n) is 6.60. The normalized spacial score (nSPS) is 10.4. The number of hydrogen-bond acceptors (Lipinski definition) is 3. The Bertz CT molecular complexity index is 902. The Balaban J connectivity index is 1.74. The molecule has 2 aromatic carbocycles. The Morgan fingerprint density at radius 1 is 0.955 bits per heavy atom. The first kappa shape index (κ1) is 13.7. The second-order valence-corrected chi connectivity index (χ2v) is 4.73. The van der Waals surface area contributed by atoms with Crippen molar-refractivity contribution in [2.24, 2.45) is 0 Å². The summed E-state index contributed by atoms with van der Waals surface area (Å²) in [6, 6.07) is 12.3. The molecule has 6 nitrogen and oxygen atoms in total. The molecular formula is C16H13N3O3. The third kappa shape index (κ3) is 2.90. The van der Waals surface area contributed by atoms with Crippen LogP contribution < -0.4 is 16.1 Å². The lowest BCUT2D eigenvalue weighted by molar-refractivity contribution is 0.262. The van der Waals surface area contributed by atoms with Crippen molar-refractivity contribution in [1.82, 2.24) is 4.98 Å². The topological polar surface area (TPSA) is 94.2 Å². The number of hydrogen-bond donors (Lipinski definition) is 4. The molecule has 3 rings (SSSR count). The standard InChI is InChI=1S/C16H13N3O3/c20-14-5-2-11(3-6-15(14)21)18-16(22)19-12-1-4-13-10(9-12)7-8-17-13/h1-9,17H,(H,20,21)(H2,18,19,22). The van der Waals surface area contributed by atoms with Gasteiger partial charge < -0.3 is 20.7 Å². The van der Waals surface area contributed by atoms with Gasteiger partial charge in [-0.2, -0.15) is 0 Å². The SMILES string of the molecule is O=C(Nc1ccc(O)c(=O)cc1)Nc1ccc2[nH]ccc2c1. The molecule has 0 spiro atoms. The van der Waals surface area contributed by atoms with Crippen LogP contribution in [-0.2, 0) is 0 Å². The van der Waals surface area contributed by atoms with Crippen molar-refractivity contribution in [2.75, 3.05) is 10.6 Å². The van der Waals surface area contributed by atoms with Crippen molar-refractivity contribution in [3.63, 3.8) is 0 Å². The minimum Gasteiger partial charge on any atom is -0.504 e. The third-order valence-electron chi connectivity index (χ3n) is 3.16. The summed E-state index contributed by atoms with van der Waals surface area (Å²) in [6.45, 7) is 0. The Hall–Kier alpha value is -3.28. The van der Waals surface area contributed by atoms with Crippen molar-refractivity contribution in [3.05, 3.63) is 65.0 Å². The summed E-state index contributed by atoms with van der Waals surface area (Å²) in [5.74, 6) is -0.369. The van der Waals surface area contributed by atoms with Gasteiger partial charge in [-0.1, -0.05) is 0 Å². The number of aromatic amines is 1. The monoisotopic (exact) mass is 295 g/mol. The van der Waals surface area contributed by atoms with E-state index < -0.39 is 11.5 Å². The van der Waals surface area contributed by atoms with E-state index in [1.807, 2.05) is 24.4 Å². The molecule has 1 aromatic heterocycles. The van der Waals surface area contributed by atoms with Crippen LogP contribution in [0.15, 0.2) is 59.5 Å². The summed E-state index contributed by atoms with van der Waals surface area (Å²) in [7, 11) is 0. The van der Waals surface area contributed by atoms with Gasteiger partial charge in [0.15, 0.2) is 5.75 Å². The molecule has 0 aliphatic rings. The van der Waals surface area contributed by atoms with Crippen LogP contribution in [0.3, 0.4) is 0 Å². The molecular weight excluding hydrogens is 282 g/mol. The fourth-order valence-corrected chi connectivity index (χ4v) is 2.07. The maximum atomic E-state index is 12.0. The van der Waals surface area contributed by atoms with Crippen molar-refractivity contribution < 1.29 is 9.90 Å². The number of aromatic hydroxyl groups is 1. The molecule has 0 atom stereocenters. The van der Waals surface area contributed by atoms with E-state index in [0.29, 0.717) is 11.4 Å². The second kappa shape index (κ2) is 5.61. The molecule has 22 heavy (non-hydrogen) atoms. The molecule has 0 radical (unpaired) electrons. The summed E-state index contributed by atoms with van der Waals surface area (Å²) in [5, 5.41) is 15.6. The lowest BCUT2D eigenvalue weighted by Gasteiger charge is -2.06. The minimum atomic E-state index is -0.508. The molecule has 4 N–H and O–H groups in total. The van der Waals surface area contributed by atoms with E-state index in [9.17, 15) is 14.7 Å². The number of urea groups is 1. The molecule has 0 saturated carbocycles. The lowest BCUT2D eigenvalue weighted by Crippen LogP contribution is -2.19. The number of H-pyrrole nitrogens is 1. The fourth-order valence-electron chi connectivity index (χ4n) is 2.07. The third-order valence-corrected chi connectivity index (χ3v) is 3.16. The van der Waals surface area contributed by atoms with Crippen LogP contribution in [-0.4, -0.2) is 16.1 Å². The molecule has 0 bridgehead atoms. The Kier molecular flexibility index (Phi) is 3.49. The summed E-state index contributed by atoms with van der Waals surface area (Å²) >= 11 is 0. The Morgan fingerprint density at radius 2 is 1.68 bits per heavy atom. The van der Waals surface area contributed by atoms with Gasteiger partial charge in [0, 0.05) is 28.5 Å². The predicted octanol–water partition coefficient (Wildman–Crippen LogP) is 2.88. The quantitative estimate of drug-likeness (QED) is 0.585. The molecule has 3 aromatic rings. The van der Waals surface area contributed by atoms with Gasteiger partial charge in [-0.05, 0) is 48.5 Å². The van der Waals surface area contributed by atoms with Crippen LogP contribution in [0.4, 0.5) is 16.2 Å². The summed E-state index contributed by atoms with van der Waals surface area (Å²) < 4.78 is 0. The molecule has 0 unspecified atom stereocenters. The summed E-state index contributed by atoms with van der Waals surface area (Å²) in [6.07, 6.45) is 1.82. The van der Waals surface area contributed by atoms with Crippen LogP contribution in [0.2, 0.25) is 0 Å². The van der Waals surface area contributed by atoms with Gasteiger partial charge in [0.1, 0.15) is 0 Å². The summed E-state index contributed by atoms with van der Waals surface area (Å²) in [5.41, 5.74) is 1.53. The largest absolute Gasteiger partial charge is 0.504 e. The van der Waals surface area contributed by atoms with E-state index in [2.05, 4.69) is 15.6 Å². The lowest BCUT2D eigenvalue weighted by atomic mass is 10.2. The number of aromatic nitrogens is 1. The van der Waals surface area contributed by atoms with E-state index in [1.165, 1.54) is 24.3 Å². The van der Waals surface area contributed by atoms with E-state index >= 15 is 0 Å². The number of fused-ring (bicyclic) bond motifs is 1. The van der Waals surface area contributed by atoms with Gasteiger partial charge in [-0.15, -0.1) is 0 Å². The van der Waals surface area contributed by atoms with Crippen molar-refractivity contribution in [2.45, 2.75) is 0 Å². The average molecular weight is 295 g/mol. The molecule has 0 fully saturated rings. The zero-order valence-corrected chi connectivity index (χ0v) is 11.5. The van der Waals surface area contributed by atoms with E-state index in [0.717, 1.165) is 10.9 Å². The van der Waals surface area contributed by atoms with Gasteiger partial charge in [-0.25, -0.2) is 4.79 Å². The zero-order chi connectivity index (χ0) is 15.5. The van der Waals surface area contributed by atoms with Crippen LogP contribution in [0.1, 0.15) is 0 Å². The maximum Gasteiger partial charge on any atom is 0.323 e.